The maximum atomic E-state index is 10.9. The molecule has 2 atom stereocenters. The van der Waals surface area contributed by atoms with Crippen molar-refractivity contribution >= 4 is 58.5 Å². The fraction of sp³-hybridized carbons (Fsp3) is 0.939. The SMILES string of the molecule is CCCCCCCCCCCCCC/C=C/C(CCCCCCCCCCCCCCC)COS(=O)(=O)[O-].CCCCCCCCCCCCCC/C=C/C(CCCCCCCCCCCCCCC)COS(=O)(=O)[O-].[Ca+2]. The zero-order valence-electron chi connectivity index (χ0n) is 51.9. The molecule has 0 radical (unpaired) electrons. The van der Waals surface area contributed by atoms with Crippen LogP contribution in [0.1, 0.15) is 374 Å². The molecule has 11 heteroatoms. The average Bonchev–Trinajstić information content (AvgIpc) is 3.39. The molecule has 0 aliphatic heterocycles. The minimum Gasteiger partial charge on any atom is -0.726 e. The number of hydrogen-bond acceptors (Lipinski definition) is 8. The molecule has 0 fully saturated rings. The van der Waals surface area contributed by atoms with Gasteiger partial charge in [-0.25, -0.2) is 16.8 Å². The van der Waals surface area contributed by atoms with Gasteiger partial charge in [0.15, 0.2) is 0 Å². The van der Waals surface area contributed by atoms with Crippen molar-refractivity contribution < 1.29 is 34.3 Å². The molecule has 8 nitrogen and oxygen atoms in total. The van der Waals surface area contributed by atoms with Crippen molar-refractivity contribution in [2.75, 3.05) is 13.2 Å². The molecule has 0 saturated carbocycles. The zero-order chi connectivity index (χ0) is 56.0. The third-order valence-corrected chi connectivity index (χ3v) is 16.3. The first-order chi connectivity index (χ1) is 37.0. The third kappa shape index (κ3) is 76.5. The van der Waals surface area contributed by atoms with Crippen molar-refractivity contribution in [3.63, 3.8) is 0 Å². The molecule has 456 valence electrons. The fourth-order valence-electron chi connectivity index (χ4n) is 10.4. The molecule has 0 aromatic rings. The van der Waals surface area contributed by atoms with Gasteiger partial charge in [-0.15, -0.1) is 0 Å². The van der Waals surface area contributed by atoms with Crippen molar-refractivity contribution in [2.24, 2.45) is 11.8 Å². The predicted molar refractivity (Wildman–Crippen MR) is 334 cm³/mol. The fourth-order valence-corrected chi connectivity index (χ4v) is 11.1. The van der Waals surface area contributed by atoms with Crippen molar-refractivity contribution in [3.8, 4) is 0 Å². The molecule has 0 amide bonds. The van der Waals surface area contributed by atoms with Crippen LogP contribution in [0.25, 0.3) is 0 Å². The maximum absolute atomic E-state index is 10.9. The first-order valence-corrected chi connectivity index (χ1v) is 36.2. The van der Waals surface area contributed by atoms with E-state index in [1.165, 1.54) is 308 Å². The molecular weight excluding hydrogens is 1020 g/mol. The van der Waals surface area contributed by atoms with Gasteiger partial charge in [-0.2, -0.15) is 0 Å². The van der Waals surface area contributed by atoms with Crippen molar-refractivity contribution in [1.82, 2.24) is 0 Å². The van der Waals surface area contributed by atoms with E-state index in [0.717, 1.165) is 38.5 Å². The van der Waals surface area contributed by atoms with E-state index in [1.54, 1.807) is 0 Å². The first-order valence-electron chi connectivity index (χ1n) is 33.5. The Labute approximate surface area is 512 Å². The third-order valence-electron chi connectivity index (χ3n) is 15.5. The zero-order valence-corrected chi connectivity index (χ0v) is 55.7. The van der Waals surface area contributed by atoms with Crippen molar-refractivity contribution in [1.29, 1.82) is 0 Å². The summed E-state index contributed by atoms with van der Waals surface area (Å²) in [6, 6.07) is 0. The monoisotopic (exact) mass is 1150 g/mol. The van der Waals surface area contributed by atoms with Gasteiger partial charge in [-0.3, -0.25) is 8.37 Å². The second kappa shape index (κ2) is 67.3. The summed E-state index contributed by atoms with van der Waals surface area (Å²) in [6.07, 6.45) is 78.9. The summed E-state index contributed by atoms with van der Waals surface area (Å²) in [5.41, 5.74) is 0. The van der Waals surface area contributed by atoms with Gasteiger partial charge in [0.2, 0.25) is 20.8 Å². The number of hydrogen-bond donors (Lipinski definition) is 0. The maximum Gasteiger partial charge on any atom is 2.00 e. The van der Waals surface area contributed by atoms with Crippen LogP contribution in [-0.2, 0) is 29.2 Å². The Kier molecular flexibility index (Phi) is 71.4. The summed E-state index contributed by atoms with van der Waals surface area (Å²) in [4.78, 5) is 0. The predicted octanol–water partition coefficient (Wildman–Crippen LogP) is 22.0. The van der Waals surface area contributed by atoms with Gasteiger partial charge in [0.05, 0.1) is 13.2 Å². The standard InChI is InChI=1S/2C33H66O4S.Ca/c2*1-3-5-7-9-11-13-15-17-19-21-23-25-27-29-31-33(32-37-38(34,35)36)30-28-26-24-22-20-18-16-14-12-10-8-6-4-2;/h2*29,31,33H,3-28,30,32H2,1-2H3,(H,34,35,36);/q;;+2/p-2/b2*31-29+;. The van der Waals surface area contributed by atoms with Gasteiger partial charge in [0.25, 0.3) is 0 Å². The minimum absolute atomic E-state index is 0. The van der Waals surface area contributed by atoms with Gasteiger partial charge in [0.1, 0.15) is 0 Å². The second-order valence-electron chi connectivity index (χ2n) is 23.2. The first kappa shape index (κ1) is 81.7. The van der Waals surface area contributed by atoms with E-state index in [2.05, 4.69) is 60.4 Å². The summed E-state index contributed by atoms with van der Waals surface area (Å²) in [5, 5.41) is 0. The topological polar surface area (TPSA) is 133 Å². The van der Waals surface area contributed by atoms with E-state index in [1.807, 2.05) is 0 Å². The molecule has 0 rings (SSSR count). The largest absolute Gasteiger partial charge is 2.00 e. The smallest absolute Gasteiger partial charge is 0.726 e. The van der Waals surface area contributed by atoms with Crippen molar-refractivity contribution in [3.05, 3.63) is 24.3 Å². The minimum atomic E-state index is -4.62. The molecule has 0 spiro atoms. The molecule has 0 aliphatic rings. The van der Waals surface area contributed by atoms with Crippen LogP contribution in [0.4, 0.5) is 0 Å². The summed E-state index contributed by atoms with van der Waals surface area (Å²) in [5.74, 6) is 0.0347. The van der Waals surface area contributed by atoms with Gasteiger partial charge in [0, 0.05) is 11.8 Å². The van der Waals surface area contributed by atoms with Gasteiger partial charge >= 0.3 is 37.7 Å². The van der Waals surface area contributed by atoms with E-state index < -0.39 is 20.8 Å². The Balaban J connectivity index is -0.00000140. The molecule has 0 N–H and O–H groups in total. The summed E-state index contributed by atoms with van der Waals surface area (Å²) < 4.78 is 74.7. The molecule has 0 aliphatic carbocycles. The van der Waals surface area contributed by atoms with Crippen LogP contribution < -0.4 is 0 Å². The van der Waals surface area contributed by atoms with Crippen molar-refractivity contribution in [2.45, 2.75) is 374 Å². The molecule has 0 aromatic carbocycles. The van der Waals surface area contributed by atoms with Crippen LogP contribution in [-0.4, -0.2) is 76.9 Å². The number of rotatable bonds is 62. The molecule has 0 bridgehead atoms. The van der Waals surface area contributed by atoms with Crippen LogP contribution >= 0.6 is 0 Å². The molecule has 77 heavy (non-hydrogen) atoms. The normalized spacial score (nSPS) is 12.9. The molecular formula is C66H130CaO8S2. The molecule has 0 aromatic heterocycles. The number of unbranched alkanes of at least 4 members (excludes halogenated alkanes) is 48. The Bertz CT molecular complexity index is 1290. The molecule has 0 heterocycles. The molecule has 0 saturated heterocycles. The van der Waals surface area contributed by atoms with Crippen LogP contribution in [0.15, 0.2) is 24.3 Å². The van der Waals surface area contributed by atoms with Gasteiger partial charge in [-0.1, -0.05) is 360 Å². The van der Waals surface area contributed by atoms with E-state index in [9.17, 15) is 25.9 Å². The Morgan fingerprint density at radius 2 is 0.455 bits per heavy atom. The summed E-state index contributed by atoms with van der Waals surface area (Å²) >= 11 is 0. The van der Waals surface area contributed by atoms with Gasteiger partial charge in [-0.05, 0) is 38.5 Å². The molecule has 2 unspecified atom stereocenters. The van der Waals surface area contributed by atoms with Crippen LogP contribution in [0, 0.1) is 11.8 Å². The Morgan fingerprint density at radius 3 is 0.636 bits per heavy atom. The Morgan fingerprint density at radius 1 is 0.286 bits per heavy atom. The summed E-state index contributed by atoms with van der Waals surface area (Å²) in [7, 11) is -9.24. The van der Waals surface area contributed by atoms with Crippen LogP contribution in [0.2, 0.25) is 0 Å². The van der Waals surface area contributed by atoms with Gasteiger partial charge < -0.3 is 9.11 Å². The second-order valence-corrected chi connectivity index (χ2v) is 25.3. The van der Waals surface area contributed by atoms with E-state index >= 15 is 0 Å². The van der Waals surface area contributed by atoms with Crippen LogP contribution in [0.3, 0.4) is 0 Å². The number of allylic oxidation sites excluding steroid dienone is 2. The Hall–Kier alpha value is 0.480. The van der Waals surface area contributed by atoms with E-state index in [4.69, 9.17) is 0 Å². The van der Waals surface area contributed by atoms with Crippen LogP contribution in [0.5, 0.6) is 0 Å². The summed E-state index contributed by atoms with van der Waals surface area (Å²) in [6.45, 7) is 9.04. The quantitative estimate of drug-likeness (QED) is 0.0193. The van der Waals surface area contributed by atoms with E-state index in [-0.39, 0.29) is 62.8 Å². The van der Waals surface area contributed by atoms with E-state index in [0.29, 0.717) is 0 Å². The average molecular weight is 1160 g/mol.